The molecule has 0 aromatic heterocycles. The van der Waals surface area contributed by atoms with Crippen LogP contribution in [0.4, 0.5) is 11.4 Å². The number of nitrogens with zero attached hydrogens (tertiary/aromatic N) is 1. The Bertz CT molecular complexity index is 822. The van der Waals surface area contributed by atoms with Gasteiger partial charge in [0.25, 0.3) is 0 Å². The molecule has 2 rings (SSSR count). The molecule has 0 bridgehead atoms. The Hall–Kier alpha value is -2.26. The third-order valence-electron chi connectivity index (χ3n) is 3.12. The maximum absolute atomic E-state index is 11.1. The van der Waals surface area contributed by atoms with E-state index in [1.807, 2.05) is 31.2 Å². The first-order valence-corrected chi connectivity index (χ1v) is 9.55. The van der Waals surface area contributed by atoms with Crippen molar-refractivity contribution in [3.8, 4) is 5.75 Å². The van der Waals surface area contributed by atoms with Gasteiger partial charge in [-0.1, -0.05) is 17.7 Å². The standard InChI is InChI=1S/C17H22N4O3S.BrH/c1-13-3-5-14(6-4-13)20-17(18)19-11-12-24-16-9-7-15(8-10-16)21-25(2,22)23;/h3-10,21H,11-12H2,1-2H3,(H3,18,19,20);1H. The molecule has 0 saturated carbocycles. The maximum Gasteiger partial charge on any atom is 0.229 e. The van der Waals surface area contributed by atoms with E-state index in [-0.39, 0.29) is 17.0 Å². The van der Waals surface area contributed by atoms with Gasteiger partial charge >= 0.3 is 0 Å². The van der Waals surface area contributed by atoms with Crippen molar-refractivity contribution >= 4 is 44.3 Å². The molecule has 0 aliphatic heterocycles. The molecule has 0 amide bonds. The van der Waals surface area contributed by atoms with E-state index in [9.17, 15) is 8.42 Å². The van der Waals surface area contributed by atoms with E-state index >= 15 is 0 Å². The molecule has 0 fully saturated rings. The second kappa shape index (κ2) is 10.0. The van der Waals surface area contributed by atoms with Crippen molar-refractivity contribution < 1.29 is 13.2 Å². The lowest BCUT2D eigenvalue weighted by Gasteiger charge is -2.08. The fourth-order valence-electron chi connectivity index (χ4n) is 1.99. The van der Waals surface area contributed by atoms with Gasteiger partial charge in [-0.2, -0.15) is 0 Å². The number of sulfonamides is 1. The van der Waals surface area contributed by atoms with Gasteiger partial charge in [-0.05, 0) is 43.3 Å². The van der Waals surface area contributed by atoms with E-state index < -0.39 is 10.0 Å². The quantitative estimate of drug-likeness (QED) is 0.347. The van der Waals surface area contributed by atoms with Gasteiger partial charge in [0.05, 0.1) is 12.8 Å². The highest BCUT2D eigenvalue weighted by Gasteiger charge is 2.02. The first-order chi connectivity index (χ1) is 11.8. The Morgan fingerprint density at radius 1 is 1.08 bits per heavy atom. The van der Waals surface area contributed by atoms with Crippen LogP contribution >= 0.6 is 17.0 Å². The molecule has 0 heterocycles. The van der Waals surface area contributed by atoms with Crippen LogP contribution in [0.25, 0.3) is 0 Å². The molecule has 2 aromatic carbocycles. The third kappa shape index (κ3) is 8.21. The summed E-state index contributed by atoms with van der Waals surface area (Å²) in [7, 11) is -3.28. The number of nitrogens with one attached hydrogen (secondary N) is 2. The Morgan fingerprint density at radius 3 is 2.23 bits per heavy atom. The van der Waals surface area contributed by atoms with Crippen molar-refractivity contribution in [2.24, 2.45) is 10.7 Å². The molecule has 0 unspecified atom stereocenters. The van der Waals surface area contributed by atoms with Crippen LogP contribution in [0.2, 0.25) is 0 Å². The minimum absolute atomic E-state index is 0. The Kier molecular flexibility index (Phi) is 8.40. The second-order valence-corrected chi connectivity index (χ2v) is 7.25. The first kappa shape index (κ1) is 21.8. The van der Waals surface area contributed by atoms with Crippen LogP contribution in [0.5, 0.6) is 5.75 Å². The summed E-state index contributed by atoms with van der Waals surface area (Å²) in [6.07, 6.45) is 1.10. The van der Waals surface area contributed by atoms with Crippen LogP contribution in [0.1, 0.15) is 5.56 Å². The van der Waals surface area contributed by atoms with Crippen LogP contribution in [0.15, 0.2) is 53.5 Å². The zero-order chi connectivity index (χ0) is 18.3. The fourth-order valence-corrected chi connectivity index (χ4v) is 2.55. The Labute approximate surface area is 164 Å². The number of anilines is 2. The van der Waals surface area contributed by atoms with Gasteiger partial charge < -0.3 is 15.8 Å². The summed E-state index contributed by atoms with van der Waals surface area (Å²) in [5.41, 5.74) is 8.36. The molecule has 2 aromatic rings. The average Bonchev–Trinajstić information content (AvgIpc) is 2.54. The number of benzene rings is 2. The smallest absolute Gasteiger partial charge is 0.229 e. The van der Waals surface area contributed by atoms with E-state index in [4.69, 9.17) is 10.5 Å². The minimum atomic E-state index is -3.28. The fraction of sp³-hybridized carbons (Fsp3) is 0.235. The molecule has 0 saturated heterocycles. The summed E-state index contributed by atoms with van der Waals surface area (Å²) < 4.78 is 30.2. The third-order valence-corrected chi connectivity index (χ3v) is 3.73. The van der Waals surface area contributed by atoms with Crippen LogP contribution < -0.4 is 20.5 Å². The summed E-state index contributed by atoms with van der Waals surface area (Å²) >= 11 is 0. The number of rotatable bonds is 7. The predicted octanol–water partition coefficient (Wildman–Crippen LogP) is 2.75. The number of hydrogen-bond acceptors (Lipinski definition) is 4. The molecular formula is C17H23BrN4O3S. The molecule has 0 radical (unpaired) electrons. The lowest BCUT2D eigenvalue weighted by atomic mass is 10.2. The number of nitrogens with two attached hydrogens (primary N) is 1. The van der Waals surface area contributed by atoms with Crippen molar-refractivity contribution in [3.63, 3.8) is 0 Å². The highest BCUT2D eigenvalue weighted by atomic mass is 79.9. The normalized spacial score (nSPS) is 11.4. The number of ether oxygens (including phenoxy) is 1. The van der Waals surface area contributed by atoms with Crippen molar-refractivity contribution in [2.75, 3.05) is 29.4 Å². The SMILES string of the molecule is Br.Cc1ccc(NC(N)=NCCOc2ccc(NS(C)(=O)=O)cc2)cc1. The van der Waals surface area contributed by atoms with Crippen molar-refractivity contribution in [1.29, 1.82) is 0 Å². The van der Waals surface area contributed by atoms with Crippen molar-refractivity contribution in [3.05, 3.63) is 54.1 Å². The predicted molar refractivity (Wildman–Crippen MR) is 112 cm³/mol. The monoisotopic (exact) mass is 442 g/mol. The van der Waals surface area contributed by atoms with Crippen molar-refractivity contribution in [1.82, 2.24) is 0 Å². The van der Waals surface area contributed by atoms with Gasteiger partial charge in [-0.3, -0.25) is 4.72 Å². The van der Waals surface area contributed by atoms with Crippen LogP contribution in [0, 0.1) is 6.92 Å². The molecule has 4 N–H and O–H groups in total. The number of hydrogen-bond donors (Lipinski definition) is 3. The molecule has 7 nitrogen and oxygen atoms in total. The molecular weight excluding hydrogens is 420 g/mol. The number of aryl methyl sites for hydroxylation is 1. The summed E-state index contributed by atoms with van der Waals surface area (Å²) in [6.45, 7) is 2.77. The van der Waals surface area contributed by atoms with E-state index in [2.05, 4.69) is 15.0 Å². The number of aliphatic imine (C=N–C) groups is 1. The van der Waals surface area contributed by atoms with E-state index in [1.54, 1.807) is 24.3 Å². The van der Waals surface area contributed by atoms with Gasteiger partial charge in [0.2, 0.25) is 10.0 Å². The molecule has 26 heavy (non-hydrogen) atoms. The zero-order valence-corrected chi connectivity index (χ0v) is 17.1. The minimum Gasteiger partial charge on any atom is -0.492 e. The largest absolute Gasteiger partial charge is 0.492 e. The number of halogens is 1. The Morgan fingerprint density at radius 2 is 1.65 bits per heavy atom. The summed E-state index contributed by atoms with van der Waals surface area (Å²) in [6, 6.07) is 14.5. The highest BCUT2D eigenvalue weighted by molar-refractivity contribution is 8.93. The second-order valence-electron chi connectivity index (χ2n) is 5.51. The number of guanidine groups is 1. The molecule has 0 aliphatic rings. The van der Waals surface area contributed by atoms with E-state index in [0.717, 1.165) is 11.9 Å². The van der Waals surface area contributed by atoms with E-state index in [0.29, 0.717) is 30.5 Å². The highest BCUT2D eigenvalue weighted by Crippen LogP contribution is 2.16. The van der Waals surface area contributed by atoms with Gasteiger partial charge in [-0.25, -0.2) is 13.4 Å². The first-order valence-electron chi connectivity index (χ1n) is 7.66. The summed E-state index contributed by atoms with van der Waals surface area (Å²) in [4.78, 5) is 4.19. The molecule has 0 atom stereocenters. The van der Waals surface area contributed by atoms with Gasteiger partial charge in [0, 0.05) is 11.4 Å². The lowest BCUT2D eigenvalue weighted by molar-refractivity contribution is 0.329. The van der Waals surface area contributed by atoms with Gasteiger partial charge in [0.15, 0.2) is 5.96 Å². The lowest BCUT2D eigenvalue weighted by Crippen LogP contribution is -2.23. The topological polar surface area (TPSA) is 106 Å². The summed E-state index contributed by atoms with van der Waals surface area (Å²) in [5.74, 6) is 0.944. The maximum atomic E-state index is 11.1. The molecule has 0 aliphatic carbocycles. The van der Waals surface area contributed by atoms with Gasteiger partial charge in [0.1, 0.15) is 12.4 Å². The van der Waals surface area contributed by atoms with E-state index in [1.165, 1.54) is 5.56 Å². The molecule has 9 heteroatoms. The van der Waals surface area contributed by atoms with Crippen LogP contribution in [-0.4, -0.2) is 33.8 Å². The van der Waals surface area contributed by atoms with Crippen LogP contribution in [0.3, 0.4) is 0 Å². The van der Waals surface area contributed by atoms with Gasteiger partial charge in [-0.15, -0.1) is 17.0 Å². The molecule has 0 spiro atoms. The van der Waals surface area contributed by atoms with Crippen molar-refractivity contribution in [2.45, 2.75) is 6.92 Å². The average molecular weight is 443 g/mol. The van der Waals surface area contributed by atoms with Crippen LogP contribution in [-0.2, 0) is 10.0 Å². The summed E-state index contributed by atoms with van der Waals surface area (Å²) in [5, 5.41) is 3.00. The molecule has 142 valence electrons. The zero-order valence-electron chi connectivity index (χ0n) is 14.6. The Balaban J connectivity index is 0.00000338.